The van der Waals surface area contributed by atoms with Crippen LogP contribution in [0.5, 0.6) is 0 Å². The summed E-state index contributed by atoms with van der Waals surface area (Å²) in [5.74, 6) is -0.0767. The lowest BCUT2D eigenvalue weighted by Crippen LogP contribution is -2.44. The van der Waals surface area contributed by atoms with E-state index in [1.807, 2.05) is 0 Å². The van der Waals surface area contributed by atoms with Crippen molar-refractivity contribution in [2.75, 3.05) is 37.3 Å². The van der Waals surface area contributed by atoms with Gasteiger partial charge in [-0.05, 0) is 43.4 Å². The van der Waals surface area contributed by atoms with E-state index in [9.17, 15) is 18.0 Å². The Balaban J connectivity index is 1.78. The zero-order valence-corrected chi connectivity index (χ0v) is 16.9. The van der Waals surface area contributed by atoms with Crippen LogP contribution in [0.2, 0.25) is 5.02 Å². The number of amides is 2. The predicted molar refractivity (Wildman–Crippen MR) is 105 cm³/mol. The van der Waals surface area contributed by atoms with E-state index in [1.54, 1.807) is 28.0 Å². The summed E-state index contributed by atoms with van der Waals surface area (Å²) in [5.41, 5.74) is 1.03. The number of carbonyl (C=O) groups excluding carboxylic acids is 2. The van der Waals surface area contributed by atoms with Crippen LogP contribution >= 0.6 is 11.6 Å². The van der Waals surface area contributed by atoms with Gasteiger partial charge in [0.1, 0.15) is 0 Å². The monoisotopic (exact) mass is 413 g/mol. The van der Waals surface area contributed by atoms with E-state index in [4.69, 9.17) is 11.6 Å². The second-order valence-corrected chi connectivity index (χ2v) is 9.46. The zero-order valence-electron chi connectivity index (χ0n) is 15.3. The van der Waals surface area contributed by atoms with Crippen molar-refractivity contribution in [2.24, 2.45) is 5.92 Å². The number of hydrogen-bond donors (Lipinski definition) is 1. The molecule has 0 aromatic heterocycles. The number of benzene rings is 1. The molecule has 27 heavy (non-hydrogen) atoms. The lowest BCUT2D eigenvalue weighted by Gasteiger charge is -2.33. The van der Waals surface area contributed by atoms with E-state index >= 15 is 0 Å². The molecule has 0 radical (unpaired) electrons. The maximum Gasteiger partial charge on any atom is 0.255 e. The van der Waals surface area contributed by atoms with Crippen molar-refractivity contribution >= 4 is 39.1 Å². The minimum atomic E-state index is -3.25. The summed E-state index contributed by atoms with van der Waals surface area (Å²) in [5, 5.41) is 0.482. The number of piperidine rings is 1. The van der Waals surface area contributed by atoms with Crippen LogP contribution in [0.15, 0.2) is 18.2 Å². The van der Waals surface area contributed by atoms with Crippen molar-refractivity contribution < 1.29 is 18.0 Å². The van der Waals surface area contributed by atoms with Crippen molar-refractivity contribution in [2.45, 2.75) is 25.7 Å². The number of hydrogen-bond acceptors (Lipinski definition) is 4. The molecule has 2 fully saturated rings. The minimum Gasteiger partial charge on any atom is -0.338 e. The number of nitrogens with zero attached hydrogens (tertiary/aromatic N) is 2. The third-order valence-corrected chi connectivity index (χ3v) is 5.92. The van der Waals surface area contributed by atoms with Gasteiger partial charge in [0.2, 0.25) is 15.9 Å². The van der Waals surface area contributed by atoms with E-state index in [-0.39, 0.29) is 17.7 Å². The van der Waals surface area contributed by atoms with Gasteiger partial charge >= 0.3 is 0 Å². The standard InChI is InChI=1S/C18H24ClN3O4S/c1-27(25,26)20-11-13-4-2-8-21(12-13)18(24)15-7-6-14(19)10-16(15)22-9-3-5-17(22)23/h6-7,10,13,20H,2-5,8-9,11-12H2,1H3. The molecule has 1 atom stereocenters. The number of sulfonamides is 1. The summed E-state index contributed by atoms with van der Waals surface area (Å²) in [6.07, 6.45) is 4.05. The topological polar surface area (TPSA) is 86.8 Å². The van der Waals surface area contributed by atoms with Gasteiger partial charge in [-0.3, -0.25) is 9.59 Å². The van der Waals surface area contributed by atoms with Crippen LogP contribution < -0.4 is 9.62 Å². The van der Waals surface area contributed by atoms with Crippen molar-refractivity contribution in [1.29, 1.82) is 0 Å². The summed E-state index contributed by atoms with van der Waals surface area (Å²) < 4.78 is 25.2. The third kappa shape index (κ3) is 5.00. The Bertz CT molecular complexity index is 843. The highest BCUT2D eigenvalue weighted by Crippen LogP contribution is 2.30. The number of anilines is 1. The molecule has 2 aliphatic rings. The van der Waals surface area contributed by atoms with Crippen LogP contribution in [0.25, 0.3) is 0 Å². The van der Waals surface area contributed by atoms with Gasteiger partial charge in [-0.15, -0.1) is 0 Å². The highest BCUT2D eigenvalue weighted by Gasteiger charge is 2.30. The summed E-state index contributed by atoms with van der Waals surface area (Å²) >= 11 is 6.11. The van der Waals surface area contributed by atoms with Crippen LogP contribution in [0.1, 0.15) is 36.0 Å². The Kier molecular flexibility index (Phi) is 6.08. The molecule has 1 aromatic carbocycles. The molecule has 0 bridgehead atoms. The minimum absolute atomic E-state index is 0.000176. The molecule has 0 aliphatic carbocycles. The molecule has 9 heteroatoms. The van der Waals surface area contributed by atoms with Crippen LogP contribution in [-0.2, 0) is 14.8 Å². The molecule has 1 unspecified atom stereocenters. The Hall–Kier alpha value is -1.64. The second kappa shape index (κ2) is 8.16. The Morgan fingerprint density at radius 1 is 1.30 bits per heavy atom. The number of halogens is 1. The van der Waals surface area contributed by atoms with E-state index in [0.717, 1.165) is 25.5 Å². The van der Waals surface area contributed by atoms with Gasteiger partial charge in [-0.25, -0.2) is 13.1 Å². The summed E-state index contributed by atoms with van der Waals surface area (Å²) in [6, 6.07) is 5.00. The predicted octanol–water partition coefficient (Wildman–Crippen LogP) is 1.87. The molecule has 2 aliphatic heterocycles. The number of rotatable bonds is 5. The van der Waals surface area contributed by atoms with Crippen LogP contribution in [0.3, 0.4) is 0 Å². The maximum atomic E-state index is 13.1. The molecular weight excluding hydrogens is 390 g/mol. The molecule has 3 rings (SSSR count). The first-order chi connectivity index (χ1) is 12.7. The SMILES string of the molecule is CS(=O)(=O)NCC1CCCN(C(=O)c2ccc(Cl)cc2N2CCCC2=O)C1. The fourth-order valence-corrected chi connectivity index (χ4v) is 4.37. The molecule has 0 saturated carbocycles. The largest absolute Gasteiger partial charge is 0.338 e. The van der Waals surface area contributed by atoms with Crippen molar-refractivity contribution in [3.63, 3.8) is 0 Å². The van der Waals surface area contributed by atoms with E-state index in [2.05, 4.69) is 4.72 Å². The van der Waals surface area contributed by atoms with Gasteiger partial charge in [0.25, 0.3) is 5.91 Å². The molecule has 1 aromatic rings. The second-order valence-electron chi connectivity index (χ2n) is 7.19. The van der Waals surface area contributed by atoms with Crippen LogP contribution in [0.4, 0.5) is 5.69 Å². The van der Waals surface area contributed by atoms with Gasteiger partial charge in [0.15, 0.2) is 0 Å². The zero-order chi connectivity index (χ0) is 19.6. The molecule has 2 heterocycles. The number of carbonyl (C=O) groups is 2. The molecular formula is C18H24ClN3O4S. The first kappa shape index (κ1) is 20.1. The van der Waals surface area contributed by atoms with Gasteiger partial charge in [-0.2, -0.15) is 0 Å². The van der Waals surface area contributed by atoms with Crippen LogP contribution in [0, 0.1) is 5.92 Å². The number of likely N-dealkylation sites (tertiary alicyclic amines) is 1. The van der Waals surface area contributed by atoms with Crippen molar-refractivity contribution in [1.82, 2.24) is 9.62 Å². The smallest absolute Gasteiger partial charge is 0.255 e. The highest BCUT2D eigenvalue weighted by atomic mass is 35.5. The van der Waals surface area contributed by atoms with E-state index in [1.165, 1.54) is 0 Å². The summed E-state index contributed by atoms with van der Waals surface area (Å²) in [6.45, 7) is 2.00. The lowest BCUT2D eigenvalue weighted by molar-refractivity contribution is -0.117. The fraction of sp³-hybridized carbons (Fsp3) is 0.556. The molecule has 148 valence electrons. The van der Waals surface area contributed by atoms with E-state index < -0.39 is 10.0 Å². The molecule has 2 saturated heterocycles. The Morgan fingerprint density at radius 2 is 2.07 bits per heavy atom. The lowest BCUT2D eigenvalue weighted by atomic mass is 9.97. The highest BCUT2D eigenvalue weighted by molar-refractivity contribution is 7.88. The van der Waals surface area contributed by atoms with Crippen LogP contribution in [-0.4, -0.2) is 57.6 Å². The Labute approximate surface area is 164 Å². The summed E-state index contributed by atoms with van der Waals surface area (Å²) in [7, 11) is -3.25. The average molecular weight is 414 g/mol. The molecule has 0 spiro atoms. The Morgan fingerprint density at radius 3 is 2.74 bits per heavy atom. The van der Waals surface area contributed by atoms with E-state index in [0.29, 0.717) is 48.9 Å². The van der Waals surface area contributed by atoms with Gasteiger partial charge in [-0.1, -0.05) is 11.6 Å². The van der Waals surface area contributed by atoms with Gasteiger partial charge in [0.05, 0.1) is 17.5 Å². The molecule has 7 nitrogen and oxygen atoms in total. The molecule has 2 amide bonds. The number of nitrogens with one attached hydrogen (secondary N) is 1. The maximum absolute atomic E-state index is 13.1. The normalized spacial score (nSPS) is 21.0. The summed E-state index contributed by atoms with van der Waals surface area (Å²) in [4.78, 5) is 28.7. The average Bonchev–Trinajstić information content (AvgIpc) is 3.05. The third-order valence-electron chi connectivity index (χ3n) is 4.99. The molecule has 1 N–H and O–H groups in total. The van der Waals surface area contributed by atoms with Crippen molar-refractivity contribution in [3.05, 3.63) is 28.8 Å². The quantitative estimate of drug-likeness (QED) is 0.798. The first-order valence-corrected chi connectivity index (χ1v) is 11.4. The van der Waals surface area contributed by atoms with Gasteiger partial charge < -0.3 is 9.80 Å². The fourth-order valence-electron chi connectivity index (χ4n) is 3.67. The van der Waals surface area contributed by atoms with Gasteiger partial charge in [0, 0.05) is 37.6 Å². The van der Waals surface area contributed by atoms with Crippen molar-refractivity contribution in [3.8, 4) is 0 Å². The first-order valence-electron chi connectivity index (χ1n) is 9.08.